The van der Waals surface area contributed by atoms with E-state index in [1.54, 1.807) is 12.1 Å². The number of pyridine rings is 1. The molecule has 0 unspecified atom stereocenters. The van der Waals surface area contributed by atoms with Gasteiger partial charge in [0.2, 0.25) is 0 Å². The Bertz CT molecular complexity index is 1400. The lowest BCUT2D eigenvalue weighted by Gasteiger charge is -2.42. The number of nitrogens with zero attached hydrogens (tertiary/aromatic N) is 2. The van der Waals surface area contributed by atoms with Crippen LogP contribution >= 0.6 is 0 Å². The second kappa shape index (κ2) is 7.61. The van der Waals surface area contributed by atoms with Gasteiger partial charge in [-0.15, -0.1) is 0 Å². The minimum absolute atomic E-state index is 0.0365. The van der Waals surface area contributed by atoms with Crippen molar-refractivity contribution in [2.24, 2.45) is 5.92 Å². The zero-order chi connectivity index (χ0) is 22.7. The van der Waals surface area contributed by atoms with Gasteiger partial charge in [0.25, 0.3) is 11.5 Å². The number of likely N-dealkylation sites (tertiary alicyclic amines) is 1. The molecule has 1 fully saturated rings. The van der Waals surface area contributed by atoms with Gasteiger partial charge >= 0.3 is 5.63 Å². The van der Waals surface area contributed by atoms with Gasteiger partial charge in [0, 0.05) is 53.8 Å². The molecule has 2 aliphatic heterocycles. The highest BCUT2D eigenvalue weighted by Crippen LogP contribution is 2.36. The van der Waals surface area contributed by atoms with Crippen LogP contribution in [0.2, 0.25) is 0 Å². The Morgan fingerprint density at radius 2 is 1.94 bits per heavy atom. The van der Waals surface area contributed by atoms with Crippen LogP contribution in [0.4, 0.5) is 0 Å². The summed E-state index contributed by atoms with van der Waals surface area (Å²) in [7, 11) is 0. The van der Waals surface area contributed by atoms with Crippen LogP contribution in [-0.4, -0.2) is 35.1 Å². The molecule has 4 heterocycles. The maximum atomic E-state index is 13.0. The summed E-state index contributed by atoms with van der Waals surface area (Å²) in [5.74, 6) is 0.950. The van der Waals surface area contributed by atoms with Gasteiger partial charge in [0.1, 0.15) is 11.3 Å². The van der Waals surface area contributed by atoms with Gasteiger partial charge in [0.05, 0.1) is 0 Å². The Hall–Kier alpha value is -3.35. The number of hydrogen-bond acceptors (Lipinski definition) is 5. The molecule has 0 N–H and O–H groups in total. The molecule has 7 heteroatoms. The van der Waals surface area contributed by atoms with Crippen molar-refractivity contribution in [3.63, 3.8) is 0 Å². The molecule has 2 aromatic heterocycles. The quantitative estimate of drug-likeness (QED) is 0.578. The van der Waals surface area contributed by atoms with E-state index in [0.717, 1.165) is 53.5 Å². The third-order valence-electron chi connectivity index (χ3n) is 7.52. The highest BCUT2D eigenvalue weighted by Gasteiger charge is 2.36. The molecule has 0 spiro atoms. The van der Waals surface area contributed by atoms with Gasteiger partial charge in [-0.3, -0.25) is 9.59 Å². The number of carbonyl (C=O) groups is 1. The first-order valence-electron chi connectivity index (χ1n) is 11.7. The minimum Gasteiger partial charge on any atom is -0.483 e. The molecule has 1 aliphatic carbocycles. The first-order chi connectivity index (χ1) is 16.0. The lowest BCUT2D eigenvalue weighted by molar-refractivity contribution is -0.136. The summed E-state index contributed by atoms with van der Waals surface area (Å²) in [5.41, 5.74) is 3.98. The number of carbonyl (C=O) groups excluding carboxylic acids is 1. The van der Waals surface area contributed by atoms with Crippen LogP contribution in [0.15, 0.2) is 44.3 Å². The average molecular weight is 447 g/mol. The molecule has 6 rings (SSSR count). The minimum atomic E-state index is -0.259. The number of benzene rings is 1. The van der Waals surface area contributed by atoms with E-state index in [1.807, 2.05) is 34.6 Å². The molecule has 33 heavy (non-hydrogen) atoms. The maximum Gasteiger partial charge on any atom is 0.339 e. The van der Waals surface area contributed by atoms with Crippen LogP contribution < -0.4 is 15.9 Å². The normalized spacial score (nSPS) is 21.1. The fraction of sp³-hybridized carbons (Fsp3) is 0.423. The summed E-state index contributed by atoms with van der Waals surface area (Å²) in [6.07, 6.45) is 3.64. The molecule has 1 saturated heterocycles. The Kier molecular flexibility index (Phi) is 4.67. The van der Waals surface area contributed by atoms with Crippen LogP contribution in [0.25, 0.3) is 11.0 Å². The molecule has 170 valence electrons. The van der Waals surface area contributed by atoms with Crippen LogP contribution in [0, 0.1) is 12.8 Å². The standard InChI is InChI=1S/C26H26N2O5/c1-15-22(9-8-19-18-4-2-5-20(18)26(31)33-25(15)19)32-14-24(30)27-11-16-10-17(13-27)21-6-3-7-23(29)28(21)12-16/h3,6-9,16-17H,2,4-5,10-14H2,1H3/t16-,17+/m0/s1. The summed E-state index contributed by atoms with van der Waals surface area (Å²) < 4.78 is 13.4. The molecule has 1 aromatic carbocycles. The van der Waals surface area contributed by atoms with Crippen molar-refractivity contribution in [3.05, 3.63) is 73.5 Å². The fourth-order valence-electron chi connectivity index (χ4n) is 5.95. The molecule has 3 aromatic rings. The number of piperidine rings is 1. The number of rotatable bonds is 3. The molecule has 2 atom stereocenters. The van der Waals surface area contributed by atoms with Crippen LogP contribution in [0.1, 0.15) is 41.1 Å². The van der Waals surface area contributed by atoms with Crippen molar-refractivity contribution < 1.29 is 13.9 Å². The lowest BCUT2D eigenvalue weighted by atomic mass is 9.83. The smallest absolute Gasteiger partial charge is 0.339 e. The van der Waals surface area contributed by atoms with E-state index >= 15 is 0 Å². The first-order valence-corrected chi connectivity index (χ1v) is 11.7. The van der Waals surface area contributed by atoms with Gasteiger partial charge < -0.3 is 18.6 Å². The summed E-state index contributed by atoms with van der Waals surface area (Å²) in [6.45, 7) is 3.69. The first kappa shape index (κ1) is 20.3. The second-order valence-corrected chi connectivity index (χ2v) is 9.55. The monoisotopic (exact) mass is 446 g/mol. The summed E-state index contributed by atoms with van der Waals surface area (Å²) in [4.78, 5) is 39.5. The SMILES string of the molecule is Cc1c(OCC(=O)N2C[C@@H]3C[C@H](C2)c2cccc(=O)n2C3)ccc2c3c(c(=O)oc12)CCC3. The summed E-state index contributed by atoms with van der Waals surface area (Å²) in [5, 5.41) is 0.969. The molecule has 3 aliphatic rings. The number of hydrogen-bond donors (Lipinski definition) is 0. The van der Waals surface area contributed by atoms with Gasteiger partial charge in [-0.2, -0.15) is 0 Å². The van der Waals surface area contributed by atoms with Crippen molar-refractivity contribution in [2.75, 3.05) is 19.7 Å². The third-order valence-corrected chi connectivity index (χ3v) is 7.52. The van der Waals surface area contributed by atoms with Crippen LogP contribution in [-0.2, 0) is 24.2 Å². The van der Waals surface area contributed by atoms with Crippen molar-refractivity contribution in [1.29, 1.82) is 0 Å². The molecular weight excluding hydrogens is 420 g/mol. The van der Waals surface area contributed by atoms with Gasteiger partial charge in [-0.25, -0.2) is 4.79 Å². The van der Waals surface area contributed by atoms with Crippen LogP contribution in [0.3, 0.4) is 0 Å². The summed E-state index contributed by atoms with van der Waals surface area (Å²) in [6, 6.07) is 9.21. The van der Waals surface area contributed by atoms with Crippen molar-refractivity contribution in [1.82, 2.24) is 9.47 Å². The maximum absolute atomic E-state index is 13.0. The van der Waals surface area contributed by atoms with Gasteiger partial charge in [-0.1, -0.05) is 6.07 Å². The van der Waals surface area contributed by atoms with E-state index < -0.39 is 0 Å². The highest BCUT2D eigenvalue weighted by molar-refractivity contribution is 5.86. The summed E-state index contributed by atoms with van der Waals surface area (Å²) >= 11 is 0. The predicted molar refractivity (Wildman–Crippen MR) is 123 cm³/mol. The Morgan fingerprint density at radius 1 is 1.09 bits per heavy atom. The number of fused-ring (bicyclic) bond motifs is 7. The van der Waals surface area contributed by atoms with Gasteiger partial charge in [-0.05, 0) is 62.3 Å². The average Bonchev–Trinajstić information content (AvgIpc) is 3.31. The third kappa shape index (κ3) is 3.29. The number of aromatic nitrogens is 1. The zero-order valence-corrected chi connectivity index (χ0v) is 18.6. The molecule has 0 saturated carbocycles. The Morgan fingerprint density at radius 3 is 2.82 bits per heavy atom. The van der Waals surface area contributed by atoms with E-state index in [0.29, 0.717) is 31.0 Å². The predicted octanol–water partition coefficient (Wildman–Crippen LogP) is 2.78. The topological polar surface area (TPSA) is 81.8 Å². The van der Waals surface area contributed by atoms with Crippen molar-refractivity contribution in [3.8, 4) is 5.75 Å². The molecule has 1 amide bonds. The van der Waals surface area contributed by atoms with E-state index in [9.17, 15) is 14.4 Å². The van der Waals surface area contributed by atoms with E-state index in [2.05, 4.69) is 0 Å². The molecule has 2 bridgehead atoms. The van der Waals surface area contributed by atoms with E-state index in [1.165, 1.54) is 0 Å². The molecular formula is C26H26N2O5. The lowest BCUT2D eigenvalue weighted by Crippen LogP contribution is -2.50. The number of aryl methyl sites for hydroxylation is 2. The fourth-order valence-corrected chi connectivity index (χ4v) is 5.95. The molecule has 0 radical (unpaired) electrons. The van der Waals surface area contributed by atoms with Gasteiger partial charge in [0.15, 0.2) is 6.61 Å². The zero-order valence-electron chi connectivity index (χ0n) is 18.6. The Labute approximate surface area is 190 Å². The van der Waals surface area contributed by atoms with Crippen LogP contribution in [0.5, 0.6) is 5.75 Å². The van der Waals surface area contributed by atoms with Crippen molar-refractivity contribution in [2.45, 2.75) is 45.1 Å². The number of amides is 1. The largest absolute Gasteiger partial charge is 0.483 e. The van der Waals surface area contributed by atoms with Crippen molar-refractivity contribution >= 4 is 16.9 Å². The number of ether oxygens (including phenoxy) is 1. The van der Waals surface area contributed by atoms with E-state index in [-0.39, 0.29) is 35.5 Å². The molecule has 7 nitrogen and oxygen atoms in total. The Balaban J connectivity index is 1.20. The second-order valence-electron chi connectivity index (χ2n) is 9.55. The highest BCUT2D eigenvalue weighted by atomic mass is 16.5. The van der Waals surface area contributed by atoms with E-state index in [4.69, 9.17) is 9.15 Å².